The number of alkyl halides is 1. The third-order valence-corrected chi connectivity index (χ3v) is 2.76. The third-order valence-electron chi connectivity index (χ3n) is 2.11. The van der Waals surface area contributed by atoms with E-state index in [-0.39, 0.29) is 6.10 Å². The Morgan fingerprint density at radius 2 is 2.00 bits per heavy atom. The fourth-order valence-corrected chi connectivity index (χ4v) is 1.73. The first-order valence-electron chi connectivity index (χ1n) is 5.09. The van der Waals surface area contributed by atoms with Gasteiger partial charge in [-0.15, -0.1) is 0 Å². The molecule has 0 fully saturated rings. The molecule has 1 atom stereocenters. The predicted octanol–water partition coefficient (Wildman–Crippen LogP) is 3.00. The Bertz CT molecular complexity index is 328. The van der Waals surface area contributed by atoms with Crippen molar-refractivity contribution in [1.82, 2.24) is 0 Å². The summed E-state index contributed by atoms with van der Waals surface area (Å²) in [5.74, 6) is 1.50. The van der Waals surface area contributed by atoms with E-state index < -0.39 is 0 Å². The lowest BCUT2D eigenvalue weighted by Gasteiger charge is -2.16. The van der Waals surface area contributed by atoms with E-state index in [0.29, 0.717) is 6.61 Å². The van der Waals surface area contributed by atoms with Gasteiger partial charge in [0.1, 0.15) is 6.10 Å². The van der Waals surface area contributed by atoms with Crippen LogP contribution in [0.2, 0.25) is 0 Å². The number of hydrogen-bond donors (Lipinski definition) is 0. The minimum Gasteiger partial charge on any atom is -0.493 e. The highest BCUT2D eigenvalue weighted by molar-refractivity contribution is 9.08. The Labute approximate surface area is 105 Å². The first-order valence-corrected chi connectivity index (χ1v) is 6.22. The van der Waals surface area contributed by atoms with E-state index in [0.717, 1.165) is 22.4 Å². The van der Waals surface area contributed by atoms with Gasteiger partial charge in [0.2, 0.25) is 0 Å². The lowest BCUT2D eigenvalue weighted by molar-refractivity contribution is 0.0899. The normalized spacial score (nSPS) is 12.2. The van der Waals surface area contributed by atoms with Crippen LogP contribution in [-0.2, 0) is 10.1 Å². The lowest BCUT2D eigenvalue weighted by atomic mass is 10.2. The molecule has 0 bridgehead atoms. The highest BCUT2D eigenvalue weighted by Gasteiger charge is 2.09. The molecular formula is C12H17BrO3. The zero-order chi connectivity index (χ0) is 12.0. The van der Waals surface area contributed by atoms with Crippen LogP contribution in [0.15, 0.2) is 18.2 Å². The van der Waals surface area contributed by atoms with Crippen LogP contribution < -0.4 is 9.47 Å². The zero-order valence-electron chi connectivity index (χ0n) is 9.83. The maximum Gasteiger partial charge on any atom is 0.161 e. The molecule has 0 aliphatic heterocycles. The van der Waals surface area contributed by atoms with Gasteiger partial charge >= 0.3 is 0 Å². The average molecular weight is 289 g/mol. The maximum atomic E-state index is 5.75. The Morgan fingerprint density at radius 1 is 1.25 bits per heavy atom. The molecule has 3 nitrogen and oxygen atoms in total. The van der Waals surface area contributed by atoms with Crippen LogP contribution in [-0.4, -0.2) is 26.9 Å². The summed E-state index contributed by atoms with van der Waals surface area (Å²) in [5, 5.41) is 0.798. The molecule has 90 valence electrons. The zero-order valence-corrected chi connectivity index (χ0v) is 11.4. The van der Waals surface area contributed by atoms with Crippen molar-refractivity contribution in [2.24, 2.45) is 0 Å². The van der Waals surface area contributed by atoms with Crippen molar-refractivity contribution in [3.05, 3.63) is 23.8 Å². The first-order chi connectivity index (χ1) is 7.71. The molecule has 4 heteroatoms. The van der Waals surface area contributed by atoms with Crippen LogP contribution >= 0.6 is 15.9 Å². The van der Waals surface area contributed by atoms with Crippen LogP contribution in [0.5, 0.6) is 11.5 Å². The minimum atomic E-state index is 0.00414. The van der Waals surface area contributed by atoms with E-state index in [4.69, 9.17) is 14.2 Å². The molecule has 1 unspecified atom stereocenters. The maximum absolute atomic E-state index is 5.75. The number of rotatable bonds is 6. The summed E-state index contributed by atoms with van der Waals surface area (Å²) in [4.78, 5) is 0. The standard InChI is InChI=1S/C12H17BrO3/c1-9(8-14-2)16-12-6-10(7-13)4-5-11(12)15-3/h4-6,9H,7-8H2,1-3H3. The minimum absolute atomic E-state index is 0.00414. The summed E-state index contributed by atoms with van der Waals surface area (Å²) >= 11 is 3.41. The molecule has 0 aliphatic rings. The summed E-state index contributed by atoms with van der Waals surface area (Å²) in [6, 6.07) is 5.88. The first kappa shape index (κ1) is 13.3. The lowest BCUT2D eigenvalue weighted by Crippen LogP contribution is -2.18. The van der Waals surface area contributed by atoms with Gasteiger partial charge in [-0.2, -0.15) is 0 Å². The second kappa shape index (κ2) is 6.76. The number of ether oxygens (including phenoxy) is 3. The Morgan fingerprint density at radius 3 is 2.56 bits per heavy atom. The third kappa shape index (κ3) is 3.68. The van der Waals surface area contributed by atoms with E-state index in [1.54, 1.807) is 14.2 Å². The average Bonchev–Trinajstić information content (AvgIpc) is 2.29. The van der Waals surface area contributed by atoms with Crippen LogP contribution in [0.4, 0.5) is 0 Å². The molecule has 0 aromatic heterocycles. The Kier molecular flexibility index (Phi) is 5.63. The largest absolute Gasteiger partial charge is 0.493 e. The highest BCUT2D eigenvalue weighted by atomic mass is 79.9. The summed E-state index contributed by atoms with van der Waals surface area (Å²) in [5.41, 5.74) is 1.15. The summed E-state index contributed by atoms with van der Waals surface area (Å²) in [6.45, 7) is 2.52. The predicted molar refractivity (Wildman–Crippen MR) is 67.6 cm³/mol. The van der Waals surface area contributed by atoms with Gasteiger partial charge in [-0.1, -0.05) is 22.0 Å². The van der Waals surface area contributed by atoms with Gasteiger partial charge in [-0.05, 0) is 24.6 Å². The van der Waals surface area contributed by atoms with E-state index in [1.807, 2.05) is 25.1 Å². The molecule has 0 spiro atoms. The second-order valence-electron chi connectivity index (χ2n) is 3.50. The Balaban J connectivity index is 2.82. The highest BCUT2D eigenvalue weighted by Crippen LogP contribution is 2.29. The van der Waals surface area contributed by atoms with Crippen molar-refractivity contribution in [2.45, 2.75) is 18.4 Å². The van der Waals surface area contributed by atoms with Crippen molar-refractivity contribution in [3.63, 3.8) is 0 Å². The summed E-state index contributed by atoms with van der Waals surface area (Å²) < 4.78 is 16.0. The van der Waals surface area contributed by atoms with Crippen LogP contribution in [0.3, 0.4) is 0 Å². The van der Waals surface area contributed by atoms with Gasteiger partial charge < -0.3 is 14.2 Å². The monoisotopic (exact) mass is 288 g/mol. The molecule has 0 saturated heterocycles. The smallest absolute Gasteiger partial charge is 0.161 e. The van der Waals surface area contributed by atoms with Crippen molar-refractivity contribution < 1.29 is 14.2 Å². The van der Waals surface area contributed by atoms with E-state index in [2.05, 4.69) is 15.9 Å². The van der Waals surface area contributed by atoms with Gasteiger partial charge in [0.05, 0.1) is 13.7 Å². The van der Waals surface area contributed by atoms with Gasteiger partial charge in [0.15, 0.2) is 11.5 Å². The molecule has 0 saturated carbocycles. The number of halogens is 1. The summed E-state index contributed by atoms with van der Waals surface area (Å²) in [7, 11) is 3.29. The van der Waals surface area contributed by atoms with Crippen LogP contribution in [0.1, 0.15) is 12.5 Å². The molecule has 1 aromatic rings. The quantitative estimate of drug-likeness (QED) is 0.753. The van der Waals surface area contributed by atoms with Crippen molar-refractivity contribution >= 4 is 15.9 Å². The number of methoxy groups -OCH3 is 2. The van der Waals surface area contributed by atoms with Gasteiger partial charge in [-0.3, -0.25) is 0 Å². The van der Waals surface area contributed by atoms with Gasteiger partial charge in [0, 0.05) is 12.4 Å². The van der Waals surface area contributed by atoms with Crippen LogP contribution in [0, 0.1) is 0 Å². The molecule has 0 radical (unpaired) electrons. The van der Waals surface area contributed by atoms with Crippen molar-refractivity contribution in [2.75, 3.05) is 20.8 Å². The van der Waals surface area contributed by atoms with Gasteiger partial charge in [-0.25, -0.2) is 0 Å². The van der Waals surface area contributed by atoms with Gasteiger partial charge in [0.25, 0.3) is 0 Å². The fraction of sp³-hybridized carbons (Fsp3) is 0.500. The molecule has 1 rings (SSSR count). The molecular weight excluding hydrogens is 272 g/mol. The molecule has 0 aliphatic carbocycles. The van der Waals surface area contributed by atoms with E-state index in [1.165, 1.54) is 0 Å². The molecule has 1 aromatic carbocycles. The fourth-order valence-electron chi connectivity index (χ4n) is 1.38. The topological polar surface area (TPSA) is 27.7 Å². The number of hydrogen-bond acceptors (Lipinski definition) is 3. The molecule has 0 N–H and O–H groups in total. The molecule has 0 heterocycles. The Hall–Kier alpha value is -0.740. The number of benzene rings is 1. The SMILES string of the molecule is COCC(C)Oc1cc(CBr)ccc1OC. The molecule has 16 heavy (non-hydrogen) atoms. The van der Waals surface area contributed by atoms with E-state index in [9.17, 15) is 0 Å². The second-order valence-corrected chi connectivity index (χ2v) is 4.06. The van der Waals surface area contributed by atoms with Crippen molar-refractivity contribution in [3.8, 4) is 11.5 Å². The van der Waals surface area contributed by atoms with Crippen LogP contribution in [0.25, 0.3) is 0 Å². The van der Waals surface area contributed by atoms with E-state index >= 15 is 0 Å². The van der Waals surface area contributed by atoms with Crippen molar-refractivity contribution in [1.29, 1.82) is 0 Å². The molecule has 0 amide bonds. The summed E-state index contributed by atoms with van der Waals surface area (Å²) in [6.07, 6.45) is 0.00414.